The Hall–Kier alpha value is -0.570. The van der Waals surface area contributed by atoms with Crippen LogP contribution in [0.4, 0.5) is 0 Å². The van der Waals surface area contributed by atoms with Gasteiger partial charge >= 0.3 is 0 Å². The Balaban J connectivity index is 0.00000182. The molecular weight excluding hydrogens is 431 g/mol. The number of rotatable bonds is 2. The van der Waals surface area contributed by atoms with Gasteiger partial charge in [0, 0.05) is 57.1 Å². The molecule has 0 aromatic rings. The third-order valence-electron chi connectivity index (χ3n) is 6.83. The first kappa shape index (κ1) is 19.2. The molecule has 3 unspecified atom stereocenters. The molecule has 3 atom stereocenters. The number of fused-ring (bicyclic) bond motifs is 2. The number of ether oxygens (including phenoxy) is 1. The van der Waals surface area contributed by atoms with Gasteiger partial charge in [0.05, 0.1) is 6.10 Å². The molecule has 4 aliphatic rings. The van der Waals surface area contributed by atoms with Crippen molar-refractivity contribution in [3.8, 4) is 0 Å². The van der Waals surface area contributed by atoms with E-state index in [2.05, 4.69) is 15.6 Å². The molecule has 142 valence electrons. The van der Waals surface area contributed by atoms with E-state index in [1.165, 1.54) is 25.7 Å². The number of aliphatic imine (C=N–C) groups is 1. The molecule has 0 aromatic heterocycles. The van der Waals surface area contributed by atoms with Crippen molar-refractivity contribution in [3.05, 3.63) is 0 Å². The molecule has 4 rings (SSSR count). The summed E-state index contributed by atoms with van der Waals surface area (Å²) in [6.45, 7) is 4.26. The molecule has 2 saturated heterocycles. The summed E-state index contributed by atoms with van der Waals surface area (Å²) in [4.78, 5) is 17.9. The second-order valence-corrected chi connectivity index (χ2v) is 7.95. The predicted molar refractivity (Wildman–Crippen MR) is 108 cm³/mol. The Morgan fingerprint density at radius 1 is 1.20 bits per heavy atom. The summed E-state index contributed by atoms with van der Waals surface area (Å²) in [6.07, 6.45) is 7.56. The number of carbonyl (C=O) groups excluding carboxylic acids is 1. The van der Waals surface area contributed by atoms with Crippen LogP contribution in [0.5, 0.6) is 0 Å². The predicted octanol–water partition coefficient (Wildman–Crippen LogP) is 1.74. The first-order chi connectivity index (χ1) is 11.6. The van der Waals surface area contributed by atoms with Gasteiger partial charge in [0.2, 0.25) is 5.91 Å². The zero-order chi connectivity index (χ0) is 16.7. The highest BCUT2D eigenvalue weighted by molar-refractivity contribution is 14.0. The lowest BCUT2D eigenvalue weighted by Gasteiger charge is -2.63. The second-order valence-electron chi connectivity index (χ2n) is 7.95. The number of guanidine groups is 1. The van der Waals surface area contributed by atoms with E-state index in [4.69, 9.17) is 4.74 Å². The van der Waals surface area contributed by atoms with E-state index in [0.29, 0.717) is 29.5 Å². The van der Waals surface area contributed by atoms with Gasteiger partial charge in [0.15, 0.2) is 5.96 Å². The molecular formula is C18H31IN4O2. The summed E-state index contributed by atoms with van der Waals surface area (Å²) in [5.41, 5.74) is 0.372. The fraction of sp³-hybridized carbons (Fsp3) is 0.889. The lowest BCUT2D eigenvalue weighted by atomic mass is 9.46. The zero-order valence-corrected chi connectivity index (χ0v) is 17.6. The minimum atomic E-state index is 0. The second kappa shape index (κ2) is 7.58. The van der Waals surface area contributed by atoms with Gasteiger partial charge in [0.1, 0.15) is 0 Å². The summed E-state index contributed by atoms with van der Waals surface area (Å²) in [6, 6.07) is 0.919. The molecule has 1 amide bonds. The Labute approximate surface area is 167 Å². The number of hydrogen-bond donors (Lipinski definition) is 2. The number of nitrogens with one attached hydrogen (secondary N) is 2. The molecule has 25 heavy (non-hydrogen) atoms. The third-order valence-corrected chi connectivity index (χ3v) is 6.83. The van der Waals surface area contributed by atoms with Crippen molar-refractivity contribution in [1.82, 2.24) is 15.5 Å². The Bertz CT molecular complexity index is 529. The number of carbonyl (C=O) groups is 1. The van der Waals surface area contributed by atoms with Crippen LogP contribution >= 0.6 is 24.0 Å². The molecule has 6 nitrogen and oxygen atoms in total. The minimum Gasteiger partial charge on any atom is -0.377 e. The number of nitrogens with zero attached hydrogens (tertiary/aromatic N) is 2. The van der Waals surface area contributed by atoms with Crippen LogP contribution in [0.15, 0.2) is 4.99 Å². The zero-order valence-electron chi connectivity index (χ0n) is 15.3. The molecule has 2 aliphatic carbocycles. The van der Waals surface area contributed by atoms with E-state index in [0.717, 1.165) is 38.5 Å². The van der Waals surface area contributed by atoms with Crippen molar-refractivity contribution in [2.75, 3.05) is 26.7 Å². The van der Waals surface area contributed by atoms with E-state index in [1.807, 2.05) is 11.9 Å². The van der Waals surface area contributed by atoms with Crippen LogP contribution in [0.2, 0.25) is 0 Å². The van der Waals surface area contributed by atoms with Crippen LogP contribution in [-0.2, 0) is 9.53 Å². The van der Waals surface area contributed by atoms with Gasteiger partial charge in [-0.05, 0) is 32.1 Å². The number of likely N-dealkylation sites (tertiary alicyclic amines) is 1. The number of halogens is 1. The maximum Gasteiger partial charge on any atom is 0.219 e. The Morgan fingerprint density at radius 3 is 2.48 bits per heavy atom. The fourth-order valence-corrected chi connectivity index (χ4v) is 5.31. The summed E-state index contributed by atoms with van der Waals surface area (Å²) >= 11 is 0. The van der Waals surface area contributed by atoms with E-state index in [9.17, 15) is 4.79 Å². The first-order valence-corrected chi connectivity index (χ1v) is 9.51. The lowest BCUT2D eigenvalue weighted by Crippen LogP contribution is -2.72. The van der Waals surface area contributed by atoms with Gasteiger partial charge in [-0.1, -0.05) is 6.42 Å². The quantitative estimate of drug-likeness (QED) is 0.373. The molecule has 0 radical (unpaired) electrons. The van der Waals surface area contributed by atoms with Crippen molar-refractivity contribution in [1.29, 1.82) is 0 Å². The largest absolute Gasteiger partial charge is 0.377 e. The van der Waals surface area contributed by atoms with Crippen LogP contribution in [0.25, 0.3) is 0 Å². The number of piperidine rings is 1. The van der Waals surface area contributed by atoms with Crippen molar-refractivity contribution >= 4 is 35.8 Å². The van der Waals surface area contributed by atoms with Gasteiger partial charge in [-0.2, -0.15) is 0 Å². The number of hydrogen-bond acceptors (Lipinski definition) is 3. The van der Waals surface area contributed by atoms with Crippen LogP contribution in [0.1, 0.15) is 45.4 Å². The summed E-state index contributed by atoms with van der Waals surface area (Å²) < 4.78 is 6.00. The number of amides is 1. The maximum absolute atomic E-state index is 11.5. The van der Waals surface area contributed by atoms with Crippen molar-refractivity contribution < 1.29 is 9.53 Å². The van der Waals surface area contributed by atoms with Crippen molar-refractivity contribution in [3.63, 3.8) is 0 Å². The molecule has 7 heteroatoms. The summed E-state index contributed by atoms with van der Waals surface area (Å²) in [7, 11) is 1.86. The van der Waals surface area contributed by atoms with Crippen molar-refractivity contribution in [2.24, 2.45) is 16.3 Å². The molecule has 4 fully saturated rings. The smallest absolute Gasteiger partial charge is 0.219 e. The molecule has 0 aromatic carbocycles. The first-order valence-electron chi connectivity index (χ1n) is 9.51. The van der Waals surface area contributed by atoms with Crippen LogP contribution in [0.3, 0.4) is 0 Å². The topological polar surface area (TPSA) is 66.0 Å². The normalized spacial score (nSPS) is 33.8. The van der Waals surface area contributed by atoms with Crippen LogP contribution in [0, 0.1) is 11.3 Å². The van der Waals surface area contributed by atoms with Crippen LogP contribution < -0.4 is 10.6 Å². The average Bonchev–Trinajstić information content (AvgIpc) is 2.95. The minimum absolute atomic E-state index is 0. The highest BCUT2D eigenvalue weighted by Crippen LogP contribution is 2.62. The summed E-state index contributed by atoms with van der Waals surface area (Å²) in [5, 5.41) is 7.32. The highest BCUT2D eigenvalue weighted by Gasteiger charge is 2.66. The van der Waals surface area contributed by atoms with Gasteiger partial charge in [-0.25, -0.2) is 0 Å². The van der Waals surface area contributed by atoms with Gasteiger partial charge in [-0.3, -0.25) is 9.79 Å². The molecule has 1 spiro atoms. The summed E-state index contributed by atoms with van der Waals surface area (Å²) in [5.74, 6) is 1.77. The van der Waals surface area contributed by atoms with E-state index >= 15 is 0 Å². The van der Waals surface area contributed by atoms with Gasteiger partial charge < -0.3 is 20.3 Å². The third kappa shape index (κ3) is 3.26. The standard InChI is InChI=1S/C18H30N4O2.HI/c1-12(23)22-9-4-13(5-10-22)20-17(19-2)21-15-14-6-11-24-16(14)18(15)7-3-8-18;/h13-16H,3-11H2,1-2H3,(H2,19,20,21);1H. The van der Waals surface area contributed by atoms with Gasteiger partial charge in [-0.15, -0.1) is 24.0 Å². The Morgan fingerprint density at radius 2 is 1.92 bits per heavy atom. The molecule has 2 N–H and O–H groups in total. The SMILES string of the molecule is CN=C(NC1CCN(C(C)=O)CC1)NC1C2CCOC2C12CCC2.I. The highest BCUT2D eigenvalue weighted by atomic mass is 127. The maximum atomic E-state index is 11.5. The van der Waals surface area contributed by atoms with Crippen molar-refractivity contribution in [2.45, 2.75) is 63.6 Å². The van der Waals surface area contributed by atoms with E-state index in [-0.39, 0.29) is 29.9 Å². The average molecular weight is 462 g/mol. The van der Waals surface area contributed by atoms with Gasteiger partial charge in [0.25, 0.3) is 0 Å². The van der Waals surface area contributed by atoms with E-state index in [1.54, 1.807) is 6.92 Å². The monoisotopic (exact) mass is 462 g/mol. The van der Waals surface area contributed by atoms with E-state index < -0.39 is 0 Å². The molecule has 0 bridgehead atoms. The lowest BCUT2D eigenvalue weighted by molar-refractivity contribution is -0.171. The fourth-order valence-electron chi connectivity index (χ4n) is 5.31. The Kier molecular flexibility index (Phi) is 5.82. The molecule has 2 saturated carbocycles. The molecule has 2 aliphatic heterocycles. The molecule has 2 heterocycles. The van der Waals surface area contributed by atoms with Crippen LogP contribution in [-0.4, -0.2) is 61.7 Å².